The van der Waals surface area contributed by atoms with Gasteiger partial charge in [-0.2, -0.15) is 4.80 Å². The molecule has 0 N–H and O–H groups in total. The molecule has 0 amide bonds. The molecular formula is C11H12N4O. The molecule has 0 fully saturated rings. The number of aromatic nitrogens is 4. The van der Waals surface area contributed by atoms with Crippen LogP contribution in [0.3, 0.4) is 0 Å². The normalized spacial score (nSPS) is 10.4. The van der Waals surface area contributed by atoms with Gasteiger partial charge >= 0.3 is 0 Å². The molecule has 1 aromatic carbocycles. The van der Waals surface area contributed by atoms with Gasteiger partial charge in [0.1, 0.15) is 0 Å². The van der Waals surface area contributed by atoms with Gasteiger partial charge in [0, 0.05) is 11.1 Å². The van der Waals surface area contributed by atoms with E-state index in [4.69, 9.17) is 0 Å². The minimum absolute atomic E-state index is 0.0525. The summed E-state index contributed by atoms with van der Waals surface area (Å²) in [5, 5.41) is 12.0. The first-order valence-electron chi connectivity index (χ1n) is 5.10. The average Bonchev–Trinajstić information content (AvgIpc) is 2.77. The molecule has 2 rings (SSSR count). The molecule has 0 bridgehead atoms. The third kappa shape index (κ3) is 1.98. The highest BCUT2D eigenvalue weighted by Gasteiger charge is 2.05. The first kappa shape index (κ1) is 10.5. The zero-order chi connectivity index (χ0) is 11.5. The van der Waals surface area contributed by atoms with E-state index < -0.39 is 0 Å². The summed E-state index contributed by atoms with van der Waals surface area (Å²) in [6, 6.07) is 7.19. The van der Waals surface area contributed by atoms with Gasteiger partial charge < -0.3 is 0 Å². The SMILES string of the molecule is CCn1nnc(-c2ccc(C(C)=O)cc2)n1. The third-order valence-corrected chi connectivity index (χ3v) is 2.29. The summed E-state index contributed by atoms with van der Waals surface area (Å²) < 4.78 is 0. The monoisotopic (exact) mass is 216 g/mol. The Bertz CT molecular complexity index is 501. The number of hydrogen-bond donors (Lipinski definition) is 0. The largest absolute Gasteiger partial charge is 0.295 e. The molecule has 1 aromatic heterocycles. The first-order chi connectivity index (χ1) is 7.70. The van der Waals surface area contributed by atoms with E-state index in [1.165, 1.54) is 4.80 Å². The molecule has 5 nitrogen and oxygen atoms in total. The Labute approximate surface area is 93.1 Å². The van der Waals surface area contributed by atoms with Crippen LogP contribution in [0.4, 0.5) is 0 Å². The van der Waals surface area contributed by atoms with Crippen LogP contribution in [-0.2, 0) is 6.54 Å². The zero-order valence-corrected chi connectivity index (χ0v) is 9.21. The van der Waals surface area contributed by atoms with Crippen LogP contribution in [0.1, 0.15) is 24.2 Å². The molecule has 0 spiro atoms. The molecular weight excluding hydrogens is 204 g/mol. The summed E-state index contributed by atoms with van der Waals surface area (Å²) >= 11 is 0. The Morgan fingerprint density at radius 3 is 2.50 bits per heavy atom. The summed E-state index contributed by atoms with van der Waals surface area (Å²) in [5.74, 6) is 0.633. The summed E-state index contributed by atoms with van der Waals surface area (Å²) in [7, 11) is 0. The van der Waals surface area contributed by atoms with Crippen LogP contribution in [-0.4, -0.2) is 26.0 Å². The molecule has 0 atom stereocenters. The van der Waals surface area contributed by atoms with Crippen molar-refractivity contribution < 1.29 is 4.79 Å². The highest BCUT2D eigenvalue weighted by molar-refractivity contribution is 5.94. The maximum Gasteiger partial charge on any atom is 0.204 e. The van der Waals surface area contributed by atoms with E-state index in [9.17, 15) is 4.79 Å². The van der Waals surface area contributed by atoms with Crippen LogP contribution in [0.2, 0.25) is 0 Å². The highest BCUT2D eigenvalue weighted by atomic mass is 16.1. The second-order valence-electron chi connectivity index (χ2n) is 3.44. The Kier molecular flexibility index (Phi) is 2.76. The van der Waals surface area contributed by atoms with E-state index in [-0.39, 0.29) is 5.78 Å². The lowest BCUT2D eigenvalue weighted by atomic mass is 10.1. The van der Waals surface area contributed by atoms with Crippen molar-refractivity contribution in [2.75, 3.05) is 0 Å². The van der Waals surface area contributed by atoms with E-state index in [2.05, 4.69) is 15.4 Å². The molecule has 0 aliphatic carbocycles. The van der Waals surface area contributed by atoms with Gasteiger partial charge in [-0.05, 0) is 19.1 Å². The molecule has 1 heterocycles. The molecule has 16 heavy (non-hydrogen) atoms. The number of Topliss-reactive ketones (excluding diaryl/α,β-unsaturated/α-hetero) is 1. The third-order valence-electron chi connectivity index (χ3n) is 2.29. The number of tetrazole rings is 1. The van der Waals surface area contributed by atoms with Crippen molar-refractivity contribution in [3.05, 3.63) is 29.8 Å². The minimum Gasteiger partial charge on any atom is -0.295 e. The Balaban J connectivity index is 2.30. The van der Waals surface area contributed by atoms with Crippen molar-refractivity contribution in [3.63, 3.8) is 0 Å². The molecule has 5 heteroatoms. The molecule has 82 valence electrons. The number of benzene rings is 1. The zero-order valence-electron chi connectivity index (χ0n) is 9.21. The number of ketones is 1. The van der Waals surface area contributed by atoms with E-state index in [0.29, 0.717) is 17.9 Å². The van der Waals surface area contributed by atoms with Crippen molar-refractivity contribution in [2.45, 2.75) is 20.4 Å². The number of hydrogen-bond acceptors (Lipinski definition) is 4. The second kappa shape index (κ2) is 4.22. The fourth-order valence-corrected chi connectivity index (χ4v) is 1.35. The Morgan fingerprint density at radius 2 is 2.00 bits per heavy atom. The predicted octanol–water partition coefficient (Wildman–Crippen LogP) is 1.56. The van der Waals surface area contributed by atoms with Crippen LogP contribution in [0.5, 0.6) is 0 Å². The van der Waals surface area contributed by atoms with Gasteiger partial charge in [0.2, 0.25) is 5.82 Å². The predicted molar refractivity (Wildman–Crippen MR) is 58.9 cm³/mol. The van der Waals surface area contributed by atoms with Gasteiger partial charge in [0.15, 0.2) is 5.78 Å². The smallest absolute Gasteiger partial charge is 0.204 e. The summed E-state index contributed by atoms with van der Waals surface area (Å²) in [6.07, 6.45) is 0. The van der Waals surface area contributed by atoms with Crippen LogP contribution in [0.25, 0.3) is 11.4 Å². The second-order valence-corrected chi connectivity index (χ2v) is 3.44. The molecule has 0 saturated carbocycles. The Morgan fingerprint density at radius 1 is 1.31 bits per heavy atom. The van der Waals surface area contributed by atoms with Gasteiger partial charge in [0.05, 0.1) is 6.54 Å². The molecule has 0 radical (unpaired) electrons. The van der Waals surface area contributed by atoms with Crippen LogP contribution >= 0.6 is 0 Å². The first-order valence-corrected chi connectivity index (χ1v) is 5.10. The quantitative estimate of drug-likeness (QED) is 0.730. The van der Waals surface area contributed by atoms with E-state index in [1.54, 1.807) is 19.1 Å². The maximum atomic E-state index is 11.1. The summed E-state index contributed by atoms with van der Waals surface area (Å²) in [5.41, 5.74) is 1.55. The van der Waals surface area contributed by atoms with Crippen molar-refractivity contribution in [1.29, 1.82) is 0 Å². The number of aryl methyl sites for hydroxylation is 1. The molecule has 0 aliphatic heterocycles. The molecule has 0 saturated heterocycles. The maximum absolute atomic E-state index is 11.1. The fourth-order valence-electron chi connectivity index (χ4n) is 1.35. The lowest BCUT2D eigenvalue weighted by Crippen LogP contribution is -1.98. The van der Waals surface area contributed by atoms with E-state index in [0.717, 1.165) is 5.56 Å². The minimum atomic E-state index is 0.0525. The topological polar surface area (TPSA) is 60.7 Å². The van der Waals surface area contributed by atoms with Gasteiger partial charge in [0.25, 0.3) is 0 Å². The molecule has 0 unspecified atom stereocenters. The number of carbonyl (C=O) groups is 1. The van der Waals surface area contributed by atoms with Gasteiger partial charge in [-0.1, -0.05) is 24.3 Å². The van der Waals surface area contributed by atoms with Gasteiger partial charge in [-0.15, -0.1) is 10.2 Å². The average molecular weight is 216 g/mol. The summed E-state index contributed by atoms with van der Waals surface area (Å²) in [4.78, 5) is 12.6. The Hall–Kier alpha value is -2.04. The van der Waals surface area contributed by atoms with Crippen LogP contribution in [0, 0.1) is 0 Å². The van der Waals surface area contributed by atoms with Gasteiger partial charge in [-0.25, -0.2) is 0 Å². The van der Waals surface area contributed by atoms with Crippen LogP contribution < -0.4 is 0 Å². The van der Waals surface area contributed by atoms with Gasteiger partial charge in [-0.3, -0.25) is 4.79 Å². The standard InChI is InChI=1S/C11H12N4O/c1-3-15-13-11(12-14-15)10-6-4-9(5-7-10)8(2)16/h4-7H,3H2,1-2H3. The number of carbonyl (C=O) groups excluding carboxylic acids is 1. The lowest BCUT2D eigenvalue weighted by molar-refractivity contribution is 0.101. The number of nitrogens with zero attached hydrogens (tertiary/aromatic N) is 4. The fraction of sp³-hybridized carbons (Fsp3) is 0.273. The van der Waals surface area contributed by atoms with Crippen molar-refractivity contribution in [2.24, 2.45) is 0 Å². The van der Waals surface area contributed by atoms with Crippen molar-refractivity contribution in [3.8, 4) is 11.4 Å². The number of rotatable bonds is 3. The van der Waals surface area contributed by atoms with E-state index >= 15 is 0 Å². The van der Waals surface area contributed by atoms with E-state index in [1.807, 2.05) is 19.1 Å². The lowest BCUT2D eigenvalue weighted by Gasteiger charge is -1.96. The van der Waals surface area contributed by atoms with Crippen molar-refractivity contribution in [1.82, 2.24) is 20.2 Å². The van der Waals surface area contributed by atoms with Crippen LogP contribution in [0.15, 0.2) is 24.3 Å². The molecule has 0 aliphatic rings. The van der Waals surface area contributed by atoms with Crippen molar-refractivity contribution >= 4 is 5.78 Å². The summed E-state index contributed by atoms with van der Waals surface area (Å²) in [6.45, 7) is 4.18. The molecule has 2 aromatic rings. The highest BCUT2D eigenvalue weighted by Crippen LogP contribution is 2.14.